The maximum absolute atomic E-state index is 13.3. The molecule has 1 fully saturated rings. The van der Waals surface area contributed by atoms with Crippen LogP contribution in [0.1, 0.15) is 101 Å². The first-order chi connectivity index (χ1) is 19.0. The Morgan fingerprint density at radius 2 is 1.73 bits per heavy atom. The third kappa shape index (κ3) is 8.70. The van der Waals surface area contributed by atoms with E-state index in [2.05, 4.69) is 26.8 Å². The maximum atomic E-state index is 13.3. The van der Waals surface area contributed by atoms with Gasteiger partial charge in [-0.05, 0) is 73.1 Å². The van der Waals surface area contributed by atoms with E-state index < -0.39 is 17.9 Å². The van der Waals surface area contributed by atoms with Gasteiger partial charge in [0.25, 0.3) is 0 Å². The van der Waals surface area contributed by atoms with Crippen molar-refractivity contribution in [3.8, 4) is 0 Å². The second-order valence-electron chi connectivity index (χ2n) is 11.8. The normalized spacial score (nSPS) is 27.5. The summed E-state index contributed by atoms with van der Waals surface area (Å²) in [6.07, 6.45) is 7.89. The van der Waals surface area contributed by atoms with Crippen LogP contribution in [0.2, 0.25) is 0 Å². The molecular formula is C33H44O7. The van der Waals surface area contributed by atoms with Crippen molar-refractivity contribution in [2.75, 3.05) is 0 Å². The molecule has 0 heterocycles. The molecule has 6 unspecified atom stereocenters. The quantitative estimate of drug-likeness (QED) is 0.144. The summed E-state index contributed by atoms with van der Waals surface area (Å²) in [5.74, 6) is -0.571. The van der Waals surface area contributed by atoms with Crippen LogP contribution in [0.3, 0.4) is 0 Å². The van der Waals surface area contributed by atoms with E-state index >= 15 is 0 Å². The Morgan fingerprint density at radius 1 is 1.00 bits per heavy atom. The highest BCUT2D eigenvalue weighted by molar-refractivity contribution is 6.09. The predicted octanol–water partition coefficient (Wildman–Crippen LogP) is 6.00. The Bertz CT molecular complexity index is 1130. The van der Waals surface area contributed by atoms with Gasteiger partial charge in [0, 0.05) is 31.2 Å². The van der Waals surface area contributed by atoms with Crippen molar-refractivity contribution in [1.82, 2.24) is 0 Å². The second-order valence-corrected chi connectivity index (χ2v) is 11.8. The predicted molar refractivity (Wildman–Crippen MR) is 151 cm³/mol. The maximum Gasteiger partial charge on any atom is 0.310 e. The van der Waals surface area contributed by atoms with E-state index in [1.165, 1.54) is 6.92 Å². The molecular weight excluding hydrogens is 508 g/mol. The zero-order valence-corrected chi connectivity index (χ0v) is 24.6. The molecule has 40 heavy (non-hydrogen) atoms. The lowest BCUT2D eigenvalue weighted by Gasteiger charge is -2.29. The van der Waals surface area contributed by atoms with Crippen LogP contribution in [-0.4, -0.2) is 35.4 Å². The number of rotatable bonds is 11. The molecule has 7 nitrogen and oxygen atoms in total. The number of esters is 2. The topological polar surface area (TPSA) is 104 Å². The van der Waals surface area contributed by atoms with E-state index in [-0.39, 0.29) is 55.2 Å². The van der Waals surface area contributed by atoms with E-state index in [9.17, 15) is 24.0 Å². The lowest BCUT2D eigenvalue weighted by Crippen LogP contribution is -2.25. The number of ether oxygens (including phenoxy) is 2. The van der Waals surface area contributed by atoms with Crippen molar-refractivity contribution in [3.05, 3.63) is 47.0 Å². The first kappa shape index (κ1) is 31.4. The van der Waals surface area contributed by atoms with Gasteiger partial charge in [-0.25, -0.2) is 0 Å². The summed E-state index contributed by atoms with van der Waals surface area (Å²) < 4.78 is 11.0. The number of ketones is 3. The number of hydrogen-bond acceptors (Lipinski definition) is 7. The van der Waals surface area contributed by atoms with Gasteiger partial charge in [0.1, 0.15) is 24.3 Å². The average Bonchev–Trinajstić information content (AvgIpc) is 3.14. The van der Waals surface area contributed by atoms with Crippen molar-refractivity contribution in [3.63, 3.8) is 0 Å². The van der Waals surface area contributed by atoms with Gasteiger partial charge in [-0.3, -0.25) is 24.0 Å². The average molecular weight is 553 g/mol. The molecule has 0 radical (unpaired) electrons. The lowest BCUT2D eigenvalue weighted by molar-refractivity contribution is -0.147. The minimum absolute atomic E-state index is 0.0187. The summed E-state index contributed by atoms with van der Waals surface area (Å²) in [5, 5.41) is 0. The fourth-order valence-corrected chi connectivity index (χ4v) is 5.77. The summed E-state index contributed by atoms with van der Waals surface area (Å²) >= 11 is 0. The first-order valence-electron chi connectivity index (χ1n) is 14.7. The molecule has 1 aromatic carbocycles. The second kappa shape index (κ2) is 14.5. The number of benzene rings is 1. The van der Waals surface area contributed by atoms with Gasteiger partial charge < -0.3 is 9.47 Å². The van der Waals surface area contributed by atoms with Crippen LogP contribution in [-0.2, 0) is 41.7 Å². The standard InChI is InChI=1S/C33H44O7/c1-6-24-11-13-27(15-21(3)20(2)14-24)40-32(37)18-26-12-10-25(19-39-23(5)34)17-29(26)30(35)9-7-8-28-31(36)16-22(4)33(28)38/h10-13,17,20-22,24,27-28H,6-9,14-16,18-19H2,1-5H3/b13-11+. The highest BCUT2D eigenvalue weighted by Crippen LogP contribution is 2.31. The molecule has 0 aliphatic heterocycles. The number of hydrogen-bond donors (Lipinski definition) is 0. The van der Waals surface area contributed by atoms with E-state index in [0.717, 1.165) is 19.3 Å². The van der Waals surface area contributed by atoms with Crippen molar-refractivity contribution in [2.24, 2.45) is 29.6 Å². The third-order valence-corrected chi connectivity index (χ3v) is 8.53. The van der Waals surface area contributed by atoms with Crippen LogP contribution in [0, 0.1) is 29.6 Å². The molecule has 0 bridgehead atoms. The van der Waals surface area contributed by atoms with E-state index in [1.54, 1.807) is 25.1 Å². The molecule has 1 saturated carbocycles. The summed E-state index contributed by atoms with van der Waals surface area (Å²) in [5.41, 5.74) is 1.56. The molecule has 2 aliphatic carbocycles. The molecule has 0 saturated heterocycles. The summed E-state index contributed by atoms with van der Waals surface area (Å²) in [6, 6.07) is 5.11. The van der Waals surface area contributed by atoms with E-state index in [4.69, 9.17) is 9.47 Å². The van der Waals surface area contributed by atoms with Gasteiger partial charge in [-0.1, -0.05) is 45.9 Å². The lowest BCUT2D eigenvalue weighted by atomic mass is 9.80. The molecule has 0 amide bonds. The Hall–Kier alpha value is -3.09. The van der Waals surface area contributed by atoms with Crippen molar-refractivity contribution >= 4 is 29.3 Å². The summed E-state index contributed by atoms with van der Waals surface area (Å²) in [6.45, 7) is 9.72. The van der Waals surface area contributed by atoms with Crippen LogP contribution in [0.25, 0.3) is 0 Å². The monoisotopic (exact) mass is 552 g/mol. The van der Waals surface area contributed by atoms with Crippen molar-refractivity contribution in [1.29, 1.82) is 0 Å². The fraction of sp³-hybridized carbons (Fsp3) is 0.606. The third-order valence-electron chi connectivity index (χ3n) is 8.53. The van der Waals surface area contributed by atoms with E-state index in [1.807, 2.05) is 6.08 Å². The molecule has 0 spiro atoms. The Morgan fingerprint density at radius 3 is 2.38 bits per heavy atom. The Balaban J connectivity index is 1.71. The zero-order chi connectivity index (χ0) is 29.4. The van der Waals surface area contributed by atoms with Gasteiger partial charge >= 0.3 is 11.9 Å². The molecule has 6 atom stereocenters. The fourth-order valence-electron chi connectivity index (χ4n) is 5.77. The van der Waals surface area contributed by atoms with Gasteiger partial charge in [0.15, 0.2) is 5.78 Å². The molecule has 3 rings (SSSR count). The number of carbonyl (C=O) groups is 5. The molecule has 1 aromatic rings. The Kier molecular flexibility index (Phi) is 11.4. The van der Waals surface area contributed by atoms with Crippen LogP contribution < -0.4 is 0 Å². The minimum atomic E-state index is -0.623. The van der Waals surface area contributed by atoms with Crippen LogP contribution >= 0.6 is 0 Å². The number of allylic oxidation sites excluding steroid dienone is 1. The molecule has 218 valence electrons. The number of Topliss-reactive ketones (excluding diaryl/α,β-unsaturated/α-hetero) is 3. The summed E-state index contributed by atoms with van der Waals surface area (Å²) in [4.78, 5) is 62.1. The Labute approximate surface area is 238 Å². The number of carbonyl (C=O) groups excluding carboxylic acids is 5. The summed E-state index contributed by atoms with van der Waals surface area (Å²) in [7, 11) is 0. The van der Waals surface area contributed by atoms with Crippen LogP contribution in [0.5, 0.6) is 0 Å². The highest BCUT2D eigenvalue weighted by Gasteiger charge is 2.37. The zero-order valence-electron chi connectivity index (χ0n) is 24.6. The smallest absolute Gasteiger partial charge is 0.310 e. The molecule has 0 N–H and O–H groups in total. The van der Waals surface area contributed by atoms with Gasteiger partial charge in [-0.15, -0.1) is 0 Å². The minimum Gasteiger partial charge on any atom is -0.461 e. The largest absolute Gasteiger partial charge is 0.461 e. The SMILES string of the molecule is CCC1/C=C/C(OC(=O)Cc2ccc(COC(C)=O)cc2C(=O)CCCC2C(=O)CC(C)C2=O)CC(C)C(C)C1. The first-order valence-corrected chi connectivity index (χ1v) is 14.7. The van der Waals surface area contributed by atoms with Crippen LogP contribution in [0.15, 0.2) is 30.4 Å². The van der Waals surface area contributed by atoms with Gasteiger partial charge in [0.2, 0.25) is 0 Å². The van der Waals surface area contributed by atoms with Gasteiger partial charge in [-0.2, -0.15) is 0 Å². The molecule has 2 aliphatic rings. The molecule has 0 aromatic heterocycles. The van der Waals surface area contributed by atoms with Crippen molar-refractivity contribution in [2.45, 2.75) is 98.7 Å². The van der Waals surface area contributed by atoms with Crippen LogP contribution in [0.4, 0.5) is 0 Å². The highest BCUT2D eigenvalue weighted by atomic mass is 16.5. The molecule has 7 heteroatoms. The van der Waals surface area contributed by atoms with Crippen molar-refractivity contribution < 1.29 is 33.4 Å². The van der Waals surface area contributed by atoms with E-state index in [0.29, 0.717) is 47.3 Å². The van der Waals surface area contributed by atoms with Gasteiger partial charge in [0.05, 0.1) is 12.3 Å².